The number of piperidine rings is 1. The number of benzene rings is 1. The van der Waals surface area contributed by atoms with Crippen molar-refractivity contribution in [2.24, 2.45) is 0 Å². The molecule has 0 unspecified atom stereocenters. The van der Waals surface area contributed by atoms with Crippen LogP contribution in [0.3, 0.4) is 0 Å². The van der Waals surface area contributed by atoms with Crippen molar-refractivity contribution in [2.45, 2.75) is 19.3 Å². The summed E-state index contributed by atoms with van der Waals surface area (Å²) in [6.07, 6.45) is 3.75. The number of nitrogen functional groups attached to an aromatic ring is 1. The summed E-state index contributed by atoms with van der Waals surface area (Å²) in [6.45, 7) is 2.09. The second-order valence-electron chi connectivity index (χ2n) is 5.03. The van der Waals surface area contributed by atoms with Crippen LogP contribution in [-0.4, -0.2) is 28.1 Å². The first kappa shape index (κ1) is 12.9. The second-order valence-corrected chi connectivity index (χ2v) is 5.03. The van der Waals surface area contributed by atoms with Gasteiger partial charge >= 0.3 is 0 Å². The van der Waals surface area contributed by atoms with Crippen LogP contribution in [0.2, 0.25) is 0 Å². The van der Waals surface area contributed by atoms with E-state index in [2.05, 4.69) is 20.4 Å². The highest BCUT2D eigenvalue weighted by Gasteiger charge is 2.11. The summed E-state index contributed by atoms with van der Waals surface area (Å²) in [5.41, 5.74) is 10.2. The van der Waals surface area contributed by atoms with Gasteiger partial charge in [0, 0.05) is 24.7 Å². The first-order valence-corrected chi connectivity index (χ1v) is 7.03. The van der Waals surface area contributed by atoms with E-state index in [1.807, 2.05) is 30.3 Å². The quantitative estimate of drug-likeness (QED) is 0.896. The molecule has 0 atom stereocenters. The highest BCUT2D eigenvalue weighted by atomic mass is 15.5. The molecule has 0 saturated carbocycles. The summed E-state index contributed by atoms with van der Waals surface area (Å²) in [5.74, 6) is 1.90. The van der Waals surface area contributed by atoms with Gasteiger partial charge in [-0.3, -0.25) is 0 Å². The third-order valence-corrected chi connectivity index (χ3v) is 3.41. The maximum absolute atomic E-state index is 5.89. The van der Waals surface area contributed by atoms with E-state index >= 15 is 0 Å². The minimum atomic E-state index is 0.485. The van der Waals surface area contributed by atoms with Gasteiger partial charge in [0.15, 0.2) is 5.82 Å². The Morgan fingerprint density at radius 3 is 2.50 bits per heavy atom. The van der Waals surface area contributed by atoms with Crippen LogP contribution in [0.4, 0.5) is 11.6 Å². The molecule has 0 bridgehead atoms. The molecule has 1 saturated heterocycles. The lowest BCUT2D eigenvalue weighted by atomic mass is 10.2. The van der Waals surface area contributed by atoms with Gasteiger partial charge in [0.1, 0.15) is 11.6 Å². The molecular formula is C15H19N5. The maximum atomic E-state index is 5.89. The molecule has 3 N–H and O–H groups in total. The Balaban J connectivity index is 1.83. The maximum Gasteiger partial charge on any atom is 0.163 e. The molecule has 2 heterocycles. The molecule has 3 rings (SSSR count). The Bertz CT molecular complexity index is 564. The van der Waals surface area contributed by atoms with E-state index in [4.69, 9.17) is 5.73 Å². The molecule has 0 radical (unpaired) electrons. The molecular weight excluding hydrogens is 250 g/mol. The Morgan fingerprint density at radius 1 is 1.00 bits per heavy atom. The monoisotopic (exact) mass is 269 g/mol. The smallest absolute Gasteiger partial charge is 0.163 e. The summed E-state index contributed by atoms with van der Waals surface area (Å²) >= 11 is 0. The van der Waals surface area contributed by atoms with Gasteiger partial charge in [0.2, 0.25) is 0 Å². The van der Waals surface area contributed by atoms with Crippen LogP contribution in [0.5, 0.6) is 0 Å². The van der Waals surface area contributed by atoms with E-state index in [0.29, 0.717) is 11.6 Å². The summed E-state index contributed by atoms with van der Waals surface area (Å²) in [4.78, 5) is 8.86. The number of nitrogens with zero attached hydrogens (tertiary/aromatic N) is 3. The van der Waals surface area contributed by atoms with Crippen LogP contribution >= 0.6 is 0 Å². The zero-order chi connectivity index (χ0) is 13.8. The largest absolute Gasteiger partial charge is 0.384 e. The van der Waals surface area contributed by atoms with Crippen molar-refractivity contribution >= 4 is 11.6 Å². The summed E-state index contributed by atoms with van der Waals surface area (Å²) in [5, 5.41) is 2.19. The summed E-state index contributed by atoms with van der Waals surface area (Å²) in [7, 11) is 0. The highest BCUT2D eigenvalue weighted by Crippen LogP contribution is 2.19. The van der Waals surface area contributed by atoms with Crippen LogP contribution in [0.1, 0.15) is 19.3 Å². The van der Waals surface area contributed by atoms with Crippen LogP contribution in [-0.2, 0) is 0 Å². The first-order valence-electron chi connectivity index (χ1n) is 7.03. The Morgan fingerprint density at radius 2 is 1.75 bits per heavy atom. The van der Waals surface area contributed by atoms with E-state index in [1.165, 1.54) is 19.3 Å². The fraction of sp³-hybridized carbons (Fsp3) is 0.333. The third kappa shape index (κ3) is 3.05. The number of rotatable bonds is 3. The molecule has 0 spiro atoms. The van der Waals surface area contributed by atoms with Crippen molar-refractivity contribution in [1.29, 1.82) is 0 Å². The average molecular weight is 269 g/mol. The van der Waals surface area contributed by atoms with Crippen LogP contribution in [0.15, 0.2) is 36.4 Å². The van der Waals surface area contributed by atoms with Crippen LogP contribution < -0.4 is 11.2 Å². The van der Waals surface area contributed by atoms with Gasteiger partial charge in [-0.15, -0.1) is 0 Å². The minimum absolute atomic E-state index is 0.485. The van der Waals surface area contributed by atoms with Crippen LogP contribution in [0.25, 0.3) is 11.4 Å². The number of hydrogen-bond acceptors (Lipinski definition) is 5. The van der Waals surface area contributed by atoms with Crippen LogP contribution in [0, 0.1) is 0 Å². The molecule has 1 fully saturated rings. The lowest BCUT2D eigenvalue weighted by Crippen LogP contribution is -2.35. The van der Waals surface area contributed by atoms with Gasteiger partial charge in [-0.2, -0.15) is 0 Å². The fourth-order valence-corrected chi connectivity index (χ4v) is 2.41. The predicted octanol–water partition coefficient (Wildman–Crippen LogP) is 2.54. The zero-order valence-corrected chi connectivity index (χ0v) is 11.4. The minimum Gasteiger partial charge on any atom is -0.384 e. The SMILES string of the molecule is Nc1cc(NN2CCCCC2)nc(-c2ccccc2)n1. The number of nitrogens with two attached hydrogens (primary N) is 1. The molecule has 1 aromatic heterocycles. The van der Waals surface area contributed by atoms with Gasteiger partial charge in [0.25, 0.3) is 0 Å². The van der Waals surface area contributed by atoms with Crippen molar-refractivity contribution < 1.29 is 0 Å². The third-order valence-electron chi connectivity index (χ3n) is 3.41. The van der Waals surface area contributed by atoms with Gasteiger partial charge < -0.3 is 11.2 Å². The lowest BCUT2D eigenvalue weighted by Gasteiger charge is -2.27. The molecule has 1 aromatic carbocycles. The molecule has 20 heavy (non-hydrogen) atoms. The molecule has 1 aliphatic rings. The second kappa shape index (κ2) is 5.88. The molecule has 1 aliphatic heterocycles. The first-order chi connectivity index (χ1) is 9.81. The van der Waals surface area contributed by atoms with E-state index in [1.54, 1.807) is 6.07 Å². The van der Waals surface area contributed by atoms with Gasteiger partial charge in [0.05, 0.1) is 0 Å². The van der Waals surface area contributed by atoms with Crippen molar-refractivity contribution in [2.75, 3.05) is 24.2 Å². The van der Waals surface area contributed by atoms with E-state index in [-0.39, 0.29) is 0 Å². The Hall–Kier alpha value is -2.14. The van der Waals surface area contributed by atoms with Gasteiger partial charge in [-0.25, -0.2) is 15.0 Å². The summed E-state index contributed by atoms with van der Waals surface area (Å²) < 4.78 is 0. The van der Waals surface area contributed by atoms with Crippen molar-refractivity contribution in [3.05, 3.63) is 36.4 Å². The molecule has 0 aliphatic carbocycles. The molecule has 2 aromatic rings. The van der Waals surface area contributed by atoms with Crippen molar-refractivity contribution in [3.63, 3.8) is 0 Å². The predicted molar refractivity (Wildman–Crippen MR) is 80.9 cm³/mol. The number of hydrazine groups is 1. The Labute approximate surface area is 118 Å². The molecule has 5 heteroatoms. The molecule has 5 nitrogen and oxygen atoms in total. The highest BCUT2D eigenvalue weighted by molar-refractivity contribution is 5.60. The standard InChI is InChI=1S/C15H19N5/c16-13-11-14(19-20-9-5-2-6-10-20)18-15(17-13)12-7-3-1-4-8-12/h1,3-4,7-8,11H,2,5-6,9-10H2,(H3,16,17,18,19). The van der Waals surface area contributed by atoms with E-state index in [0.717, 1.165) is 24.5 Å². The molecule has 0 amide bonds. The zero-order valence-electron chi connectivity index (χ0n) is 11.4. The number of aromatic nitrogens is 2. The Kier molecular flexibility index (Phi) is 3.78. The number of anilines is 2. The topological polar surface area (TPSA) is 67.1 Å². The summed E-state index contributed by atoms with van der Waals surface area (Å²) in [6, 6.07) is 11.7. The van der Waals surface area contributed by atoms with E-state index < -0.39 is 0 Å². The fourth-order valence-electron chi connectivity index (χ4n) is 2.41. The lowest BCUT2D eigenvalue weighted by molar-refractivity contribution is 0.272. The van der Waals surface area contributed by atoms with E-state index in [9.17, 15) is 0 Å². The number of hydrogen-bond donors (Lipinski definition) is 2. The average Bonchev–Trinajstić information content (AvgIpc) is 2.49. The normalized spacial score (nSPS) is 16.0. The van der Waals surface area contributed by atoms with Gasteiger partial charge in [-0.05, 0) is 12.8 Å². The molecule has 104 valence electrons. The van der Waals surface area contributed by atoms with Crippen molar-refractivity contribution in [3.8, 4) is 11.4 Å². The van der Waals surface area contributed by atoms with Gasteiger partial charge in [-0.1, -0.05) is 36.8 Å². The number of nitrogens with one attached hydrogen (secondary N) is 1. The van der Waals surface area contributed by atoms with Crippen molar-refractivity contribution in [1.82, 2.24) is 15.0 Å².